The molecule has 222 valence electrons. The Hall–Kier alpha value is 0.804. The zero-order chi connectivity index (χ0) is 28.0. The van der Waals surface area contributed by atoms with Gasteiger partial charge in [-0.25, -0.2) is 0 Å². The quantitative estimate of drug-likeness (QED) is 0.144. The van der Waals surface area contributed by atoms with Gasteiger partial charge < -0.3 is 30.4 Å². The van der Waals surface area contributed by atoms with Gasteiger partial charge in [0.15, 0.2) is 25.0 Å². The Morgan fingerprint density at radius 3 is 1.39 bits per heavy atom. The molecule has 4 rings (SSSR count). The van der Waals surface area contributed by atoms with Gasteiger partial charge in [-0.2, -0.15) is 0 Å². The third-order valence-corrected chi connectivity index (χ3v) is 25.4. The lowest BCUT2D eigenvalue weighted by atomic mass is 9.88. The van der Waals surface area contributed by atoms with E-state index < -0.39 is 42.6 Å². The van der Waals surface area contributed by atoms with Gasteiger partial charge in [0.05, 0.1) is 24.4 Å². The molecule has 4 fully saturated rings. The van der Waals surface area contributed by atoms with Crippen molar-refractivity contribution in [2.24, 2.45) is 11.8 Å². The summed E-state index contributed by atoms with van der Waals surface area (Å²) in [6, 6.07) is 2.18. The van der Waals surface area contributed by atoms with E-state index in [4.69, 9.17) is 30.4 Å². The summed E-state index contributed by atoms with van der Waals surface area (Å²) < 4.78 is 45.8. The van der Waals surface area contributed by atoms with Crippen molar-refractivity contribution in [3.63, 3.8) is 0 Å². The van der Waals surface area contributed by atoms with Gasteiger partial charge in [-0.05, 0) is 121 Å². The number of fused-ring (bicyclic) bond motifs is 2. The van der Waals surface area contributed by atoms with Gasteiger partial charge in [0.25, 0.3) is 0 Å². The number of ether oxygens (including phenoxy) is 2. The minimum absolute atomic E-state index is 0.525. The van der Waals surface area contributed by atoms with E-state index in [0.29, 0.717) is 24.4 Å². The highest BCUT2D eigenvalue weighted by Gasteiger charge is 2.58. The summed E-state index contributed by atoms with van der Waals surface area (Å²) >= 11 is 0. The van der Waals surface area contributed by atoms with E-state index in [-0.39, 0.29) is 0 Å². The minimum atomic E-state index is -3.47. The number of epoxide rings is 2. The Morgan fingerprint density at radius 1 is 0.579 bits per heavy atom. The second-order valence-corrected chi connectivity index (χ2v) is 34.7. The van der Waals surface area contributed by atoms with Gasteiger partial charge in [0.2, 0.25) is 0 Å². The van der Waals surface area contributed by atoms with Crippen LogP contribution in [0.4, 0.5) is 0 Å². The lowest BCUT2D eigenvalue weighted by Crippen LogP contribution is -2.66. The van der Waals surface area contributed by atoms with Crippen LogP contribution in [-0.2, 0) is 30.4 Å². The van der Waals surface area contributed by atoms with Crippen molar-refractivity contribution < 1.29 is 30.4 Å². The first kappa shape index (κ1) is 31.7. The Bertz CT molecular complexity index is 759. The van der Waals surface area contributed by atoms with Gasteiger partial charge in [-0.1, -0.05) is 12.8 Å². The molecule has 0 spiro atoms. The molecule has 38 heavy (non-hydrogen) atoms. The topological polar surface area (TPSA) is 71.2 Å². The van der Waals surface area contributed by atoms with Crippen molar-refractivity contribution in [2.45, 2.75) is 147 Å². The predicted octanol–water partition coefficient (Wildman–Crippen LogP) is 7.00. The highest BCUT2D eigenvalue weighted by molar-refractivity contribution is 6.91. The predicted molar refractivity (Wildman–Crippen MR) is 164 cm³/mol. The molecule has 2 saturated carbocycles. The molecule has 2 saturated heterocycles. The van der Waals surface area contributed by atoms with E-state index in [1.807, 2.05) is 0 Å². The third-order valence-electron chi connectivity index (χ3n) is 8.63. The van der Waals surface area contributed by atoms with Crippen LogP contribution in [0.2, 0.25) is 71.0 Å². The number of rotatable bonds is 15. The largest absolute Gasteiger partial charge is 0.638 e. The maximum Gasteiger partial charge on any atom is 0.638 e. The van der Waals surface area contributed by atoms with Gasteiger partial charge in [-0.15, -0.1) is 0 Å². The van der Waals surface area contributed by atoms with Crippen molar-refractivity contribution in [3.8, 4) is 0 Å². The molecule has 0 bridgehead atoms. The molecule has 2 aliphatic carbocycles. The Labute approximate surface area is 238 Å². The fourth-order valence-electron chi connectivity index (χ4n) is 6.22. The third kappa shape index (κ3) is 9.68. The molecule has 4 aliphatic rings. The lowest BCUT2D eigenvalue weighted by molar-refractivity contribution is 0.125. The highest BCUT2D eigenvalue weighted by Crippen LogP contribution is 2.43. The van der Waals surface area contributed by atoms with E-state index in [0.717, 1.165) is 23.9 Å². The standard InChI is InChI=1S/C26H56O7Si5/c1-27-37(9,10)33-38(30-34(2,3)4,31-35(5,6)17-15-21-11-13-23-25(19-21)28-23)32-36(7,8)18-16-22-12-14-24-26(20-22)29-24/h21-26H,11-20H2,1-10H3. The maximum atomic E-state index is 7.20. The van der Waals surface area contributed by atoms with Gasteiger partial charge in [0, 0.05) is 7.11 Å². The van der Waals surface area contributed by atoms with Crippen LogP contribution in [-0.4, -0.2) is 74.1 Å². The molecular weight excluding hydrogens is 565 g/mol. The zero-order valence-corrected chi connectivity index (χ0v) is 30.9. The number of hydrogen-bond donors (Lipinski definition) is 0. The smallest absolute Gasteiger partial charge is 0.398 e. The van der Waals surface area contributed by atoms with Crippen LogP contribution in [0, 0.1) is 11.8 Å². The number of hydrogen-bond acceptors (Lipinski definition) is 7. The summed E-state index contributed by atoms with van der Waals surface area (Å²) in [5.41, 5.74) is 0. The SMILES string of the molecule is CO[Si](C)(C)O[Si](O[Si](C)(C)C)(O[Si](C)(C)CCC1CCC2OC2C1)O[Si](C)(C)CCC1CCC2OC2C1. The molecule has 0 N–H and O–H groups in total. The minimum Gasteiger partial charge on any atom is -0.398 e. The first-order chi connectivity index (χ1) is 17.5. The normalized spacial score (nSPS) is 33.3. The Balaban J connectivity index is 1.47. The molecule has 0 aromatic carbocycles. The van der Waals surface area contributed by atoms with E-state index in [9.17, 15) is 0 Å². The Kier molecular flexibility index (Phi) is 9.88. The molecule has 2 heterocycles. The fourth-order valence-corrected chi connectivity index (χ4v) is 23.7. The Morgan fingerprint density at radius 2 is 1.03 bits per heavy atom. The molecule has 6 unspecified atom stereocenters. The van der Waals surface area contributed by atoms with Crippen LogP contribution < -0.4 is 0 Å². The molecule has 2 aliphatic heterocycles. The molecule has 0 amide bonds. The maximum absolute atomic E-state index is 7.20. The fraction of sp³-hybridized carbons (Fsp3) is 1.00. The average Bonchev–Trinajstić information content (AvgIpc) is 3.68. The second-order valence-electron chi connectivity index (χ2n) is 15.0. The molecule has 0 aromatic heterocycles. The summed E-state index contributed by atoms with van der Waals surface area (Å²) in [7, 11) is -10.6. The first-order valence-electron chi connectivity index (χ1n) is 15.1. The van der Waals surface area contributed by atoms with Crippen LogP contribution in [0.1, 0.15) is 51.4 Å². The summed E-state index contributed by atoms with van der Waals surface area (Å²) in [4.78, 5) is 0. The molecule has 0 radical (unpaired) electrons. The molecule has 0 aromatic rings. The molecular formula is C26H56O7Si5. The van der Waals surface area contributed by atoms with Crippen molar-refractivity contribution in [1.82, 2.24) is 0 Å². The second kappa shape index (κ2) is 11.8. The summed E-state index contributed by atoms with van der Waals surface area (Å²) in [5.74, 6) is 1.48. The van der Waals surface area contributed by atoms with E-state index in [1.54, 1.807) is 7.11 Å². The highest BCUT2D eigenvalue weighted by atomic mass is 28.5. The van der Waals surface area contributed by atoms with Crippen LogP contribution in [0.3, 0.4) is 0 Å². The molecule has 7 nitrogen and oxygen atoms in total. The summed E-state index contributed by atoms with van der Waals surface area (Å²) in [6.07, 6.45) is 12.0. The van der Waals surface area contributed by atoms with Crippen molar-refractivity contribution in [1.29, 1.82) is 0 Å². The average molecular weight is 621 g/mol. The summed E-state index contributed by atoms with van der Waals surface area (Å²) in [6.45, 7) is 20.2. The van der Waals surface area contributed by atoms with E-state index in [1.165, 1.54) is 51.4 Å². The molecule has 6 atom stereocenters. The van der Waals surface area contributed by atoms with Crippen LogP contribution in [0.15, 0.2) is 0 Å². The molecule has 12 heteroatoms. The van der Waals surface area contributed by atoms with Crippen LogP contribution in [0.5, 0.6) is 0 Å². The van der Waals surface area contributed by atoms with E-state index >= 15 is 0 Å². The van der Waals surface area contributed by atoms with E-state index in [2.05, 4.69) is 58.9 Å². The van der Waals surface area contributed by atoms with Gasteiger partial charge in [-0.3, -0.25) is 0 Å². The van der Waals surface area contributed by atoms with Crippen molar-refractivity contribution in [3.05, 3.63) is 0 Å². The summed E-state index contributed by atoms with van der Waals surface area (Å²) in [5, 5.41) is 0. The van der Waals surface area contributed by atoms with Gasteiger partial charge in [0.1, 0.15) is 0 Å². The van der Waals surface area contributed by atoms with Crippen molar-refractivity contribution in [2.75, 3.05) is 7.11 Å². The zero-order valence-electron chi connectivity index (χ0n) is 25.9. The van der Waals surface area contributed by atoms with Crippen LogP contribution >= 0.6 is 0 Å². The lowest BCUT2D eigenvalue weighted by Gasteiger charge is -2.45. The van der Waals surface area contributed by atoms with Gasteiger partial charge >= 0.3 is 17.6 Å². The van der Waals surface area contributed by atoms with Crippen molar-refractivity contribution >= 4 is 42.6 Å². The van der Waals surface area contributed by atoms with Crippen LogP contribution in [0.25, 0.3) is 0 Å². The monoisotopic (exact) mass is 620 g/mol. The first-order valence-corrected chi connectivity index (χ1v) is 29.2.